The van der Waals surface area contributed by atoms with E-state index in [0.717, 1.165) is 33.3 Å². The Hall–Kier alpha value is -7.07. The van der Waals surface area contributed by atoms with Crippen molar-refractivity contribution in [3.05, 3.63) is 234 Å². The largest absolute Gasteiger partial charge is 0.456 e. The molecule has 0 fully saturated rings. The van der Waals surface area contributed by atoms with Gasteiger partial charge in [-0.1, -0.05) is 171 Å². The number of anilines is 3. The summed E-state index contributed by atoms with van der Waals surface area (Å²) in [6.07, 6.45) is 0. The first-order chi connectivity index (χ1) is 30.0. The number of fused-ring (bicyclic) bond motifs is 15. The van der Waals surface area contributed by atoms with Crippen molar-refractivity contribution in [3.63, 3.8) is 0 Å². The Bertz CT molecular complexity index is 3420. The maximum atomic E-state index is 6.54. The SMILES string of the molecule is CC1(C)c2ccccc2-c2cccc(N(c3cccc(-c4ccc5c(c4)C4(c6ccccc6S5)c5ccccc5-c5ccccc54)c3)c3cccc4oc5ccccc5c34)c21. The fourth-order valence-corrected chi connectivity index (χ4v) is 12.4. The van der Waals surface area contributed by atoms with Gasteiger partial charge in [-0.25, -0.2) is 0 Å². The molecule has 0 N–H and O–H groups in total. The van der Waals surface area contributed by atoms with Crippen LogP contribution in [-0.4, -0.2) is 0 Å². The molecule has 2 nitrogen and oxygen atoms in total. The van der Waals surface area contributed by atoms with Crippen LogP contribution in [0.15, 0.2) is 214 Å². The third-order valence-electron chi connectivity index (χ3n) is 13.7. The molecule has 9 aromatic carbocycles. The number of benzene rings is 9. The molecule has 0 unspecified atom stereocenters. The number of hydrogen-bond acceptors (Lipinski definition) is 3. The smallest absolute Gasteiger partial charge is 0.137 e. The lowest BCUT2D eigenvalue weighted by Gasteiger charge is -2.40. The van der Waals surface area contributed by atoms with Gasteiger partial charge >= 0.3 is 0 Å². The van der Waals surface area contributed by atoms with Crippen molar-refractivity contribution in [3.8, 4) is 33.4 Å². The van der Waals surface area contributed by atoms with Crippen molar-refractivity contribution < 1.29 is 4.42 Å². The van der Waals surface area contributed by atoms with Crippen LogP contribution in [0.2, 0.25) is 0 Å². The minimum absolute atomic E-state index is 0.223. The molecule has 0 atom stereocenters. The van der Waals surface area contributed by atoms with Gasteiger partial charge in [-0.2, -0.15) is 0 Å². The fraction of sp³-hybridized carbons (Fsp3) is 0.0690. The first-order valence-corrected chi connectivity index (χ1v) is 22.0. The summed E-state index contributed by atoms with van der Waals surface area (Å²) in [4.78, 5) is 5.11. The Morgan fingerprint density at radius 2 is 1.00 bits per heavy atom. The molecule has 0 radical (unpaired) electrons. The van der Waals surface area contributed by atoms with Crippen molar-refractivity contribution in [2.45, 2.75) is 34.5 Å². The highest BCUT2D eigenvalue weighted by Crippen LogP contribution is 2.63. The van der Waals surface area contributed by atoms with Gasteiger partial charge in [0.2, 0.25) is 0 Å². The second-order valence-electron chi connectivity index (χ2n) is 17.2. The topological polar surface area (TPSA) is 16.4 Å². The highest BCUT2D eigenvalue weighted by molar-refractivity contribution is 7.99. The molecule has 1 aliphatic heterocycles. The lowest BCUT2D eigenvalue weighted by Crippen LogP contribution is -2.32. The minimum Gasteiger partial charge on any atom is -0.456 e. The number of rotatable bonds is 4. The summed E-state index contributed by atoms with van der Waals surface area (Å²) in [5, 5.41) is 2.22. The van der Waals surface area contributed by atoms with Crippen molar-refractivity contribution in [2.24, 2.45) is 0 Å². The van der Waals surface area contributed by atoms with Gasteiger partial charge in [0.05, 0.1) is 22.2 Å². The molecule has 3 heteroatoms. The summed E-state index contributed by atoms with van der Waals surface area (Å²) < 4.78 is 6.54. The lowest BCUT2D eigenvalue weighted by atomic mass is 9.67. The zero-order chi connectivity index (χ0) is 40.5. The van der Waals surface area contributed by atoms with Gasteiger partial charge in [0, 0.05) is 26.3 Å². The molecule has 1 spiro atoms. The third-order valence-corrected chi connectivity index (χ3v) is 14.9. The van der Waals surface area contributed by atoms with Crippen LogP contribution >= 0.6 is 11.8 Å². The number of nitrogens with zero attached hydrogens (tertiary/aromatic N) is 1. The Kier molecular flexibility index (Phi) is 7.25. The molecule has 1 aromatic heterocycles. The average Bonchev–Trinajstić information content (AvgIpc) is 3.92. The first-order valence-electron chi connectivity index (χ1n) is 21.2. The maximum absolute atomic E-state index is 6.54. The highest BCUT2D eigenvalue weighted by Gasteiger charge is 2.50. The number of hydrogen-bond donors (Lipinski definition) is 0. The Balaban J connectivity index is 1.05. The van der Waals surface area contributed by atoms with Crippen LogP contribution < -0.4 is 4.90 Å². The second-order valence-corrected chi connectivity index (χ2v) is 18.2. The molecule has 0 saturated carbocycles. The summed E-state index contributed by atoms with van der Waals surface area (Å²) in [7, 11) is 0. The predicted octanol–water partition coefficient (Wildman–Crippen LogP) is 15.9. The van der Waals surface area contributed by atoms with Gasteiger partial charge in [-0.15, -0.1) is 0 Å². The maximum Gasteiger partial charge on any atom is 0.137 e. The Morgan fingerprint density at radius 3 is 1.80 bits per heavy atom. The van der Waals surface area contributed by atoms with E-state index in [1.807, 2.05) is 11.8 Å². The van der Waals surface area contributed by atoms with Crippen molar-refractivity contribution in [2.75, 3.05) is 4.90 Å². The van der Waals surface area contributed by atoms with Crippen molar-refractivity contribution in [1.29, 1.82) is 0 Å². The normalized spacial score (nSPS) is 14.6. The van der Waals surface area contributed by atoms with Gasteiger partial charge in [-0.3, -0.25) is 0 Å². The van der Waals surface area contributed by atoms with Crippen LogP contribution in [0.5, 0.6) is 0 Å². The molecule has 3 aliphatic rings. The van der Waals surface area contributed by atoms with E-state index < -0.39 is 5.41 Å². The highest BCUT2D eigenvalue weighted by atomic mass is 32.2. The predicted molar refractivity (Wildman–Crippen MR) is 253 cm³/mol. The molecule has 61 heavy (non-hydrogen) atoms. The molecular formula is C58H39NOS. The van der Waals surface area contributed by atoms with E-state index in [-0.39, 0.29) is 5.41 Å². The van der Waals surface area contributed by atoms with Gasteiger partial charge in [0.15, 0.2) is 0 Å². The van der Waals surface area contributed by atoms with Gasteiger partial charge in [0.1, 0.15) is 11.2 Å². The van der Waals surface area contributed by atoms with Crippen molar-refractivity contribution >= 4 is 50.8 Å². The fourth-order valence-electron chi connectivity index (χ4n) is 11.2. The molecule has 2 heterocycles. The molecular weight excluding hydrogens is 759 g/mol. The first kappa shape index (κ1) is 34.8. The summed E-state index contributed by atoms with van der Waals surface area (Å²) in [5.41, 5.74) is 20.1. The van der Waals surface area contributed by atoms with Crippen molar-refractivity contribution in [1.82, 2.24) is 0 Å². The standard InChI is InChI=1S/C58H39NOS/c1-57(2)44-23-7-3-20-41(44)42-22-14-28-50(56(42)57)59(49-27-15-30-52-55(49)43-21-6-11-29-51(43)60-52)38-17-13-16-36(34-38)37-32-33-54-48(35-37)58(47-26-10-12-31-53(47)61-54)45-24-8-4-18-39(45)40-19-5-9-25-46(40)58/h3-35H,1-2H3. The van der Waals surface area contributed by atoms with E-state index in [9.17, 15) is 0 Å². The monoisotopic (exact) mass is 797 g/mol. The molecule has 0 bridgehead atoms. The van der Waals surface area contributed by atoms with E-state index in [1.54, 1.807) is 0 Å². The molecule has 0 amide bonds. The van der Waals surface area contributed by atoms with Crippen LogP contribution in [0.25, 0.3) is 55.3 Å². The third kappa shape index (κ3) is 4.70. The van der Waals surface area contributed by atoms with E-state index in [4.69, 9.17) is 4.42 Å². The van der Waals surface area contributed by atoms with E-state index >= 15 is 0 Å². The number of furan rings is 1. The summed E-state index contributed by atoms with van der Waals surface area (Å²) in [6, 6.07) is 74.2. The molecule has 0 saturated heterocycles. The zero-order valence-electron chi connectivity index (χ0n) is 33.8. The second kappa shape index (κ2) is 12.7. The van der Waals surface area contributed by atoms with Crippen LogP contribution in [-0.2, 0) is 10.8 Å². The Labute approximate surface area is 359 Å². The quantitative estimate of drug-likeness (QED) is 0.176. The zero-order valence-corrected chi connectivity index (χ0v) is 34.6. The number of para-hydroxylation sites is 1. The lowest BCUT2D eigenvalue weighted by molar-refractivity contribution is 0.661. The van der Waals surface area contributed by atoms with Gasteiger partial charge in [-0.05, 0) is 121 Å². The van der Waals surface area contributed by atoms with Crippen LogP contribution in [0.1, 0.15) is 47.2 Å². The van der Waals surface area contributed by atoms with Gasteiger partial charge in [0.25, 0.3) is 0 Å². The van der Waals surface area contributed by atoms with Crippen LogP contribution in [0.4, 0.5) is 17.1 Å². The van der Waals surface area contributed by atoms with Crippen LogP contribution in [0.3, 0.4) is 0 Å². The summed E-state index contributed by atoms with van der Waals surface area (Å²) in [5.74, 6) is 0. The average molecular weight is 798 g/mol. The molecule has 2 aliphatic carbocycles. The van der Waals surface area contributed by atoms with Gasteiger partial charge < -0.3 is 9.32 Å². The van der Waals surface area contributed by atoms with E-state index in [2.05, 4.69) is 219 Å². The summed E-state index contributed by atoms with van der Waals surface area (Å²) >= 11 is 1.89. The molecule has 288 valence electrons. The molecule has 10 aromatic rings. The van der Waals surface area contributed by atoms with Crippen LogP contribution in [0, 0.1) is 0 Å². The molecule has 13 rings (SSSR count). The Morgan fingerprint density at radius 1 is 0.426 bits per heavy atom. The van der Waals surface area contributed by atoms with E-state index in [1.165, 1.54) is 82.2 Å². The van der Waals surface area contributed by atoms with E-state index in [0.29, 0.717) is 0 Å². The summed E-state index contributed by atoms with van der Waals surface area (Å²) in [6.45, 7) is 4.75. The minimum atomic E-state index is -0.437.